The molecule has 0 spiro atoms. The molecule has 3 rings (SSSR count). The molecule has 0 bridgehead atoms. The normalized spacial score (nSPS) is 14.1. The van der Waals surface area contributed by atoms with Crippen molar-refractivity contribution in [3.63, 3.8) is 0 Å². The summed E-state index contributed by atoms with van der Waals surface area (Å²) in [4.78, 5) is 28.7. The summed E-state index contributed by atoms with van der Waals surface area (Å²) < 4.78 is 5.68. The third-order valence-electron chi connectivity index (χ3n) is 5.01. The van der Waals surface area contributed by atoms with E-state index in [1.54, 1.807) is 0 Å². The zero-order valence-electron chi connectivity index (χ0n) is 16.7. The van der Waals surface area contributed by atoms with Gasteiger partial charge in [0.15, 0.2) is 0 Å². The van der Waals surface area contributed by atoms with Crippen LogP contribution >= 0.6 is 0 Å². The molecular weight excluding hydrogens is 352 g/mol. The lowest BCUT2D eigenvalue weighted by molar-refractivity contribution is -0.132. The third-order valence-corrected chi connectivity index (χ3v) is 5.01. The van der Waals surface area contributed by atoms with Gasteiger partial charge in [0.2, 0.25) is 5.91 Å². The van der Waals surface area contributed by atoms with Gasteiger partial charge in [-0.1, -0.05) is 35.4 Å². The summed E-state index contributed by atoms with van der Waals surface area (Å²) in [5, 5.41) is 0. The first-order valence-electron chi connectivity index (χ1n) is 9.86. The molecule has 1 aliphatic heterocycles. The quantitative estimate of drug-likeness (QED) is 0.722. The number of aryl methyl sites for hydroxylation is 2. The van der Waals surface area contributed by atoms with Crippen molar-refractivity contribution in [1.29, 1.82) is 0 Å². The highest BCUT2D eigenvalue weighted by Crippen LogP contribution is 2.13. The molecule has 2 amide bonds. The highest BCUT2D eigenvalue weighted by atomic mass is 16.5. The van der Waals surface area contributed by atoms with Crippen molar-refractivity contribution in [3.8, 4) is 5.75 Å². The van der Waals surface area contributed by atoms with Crippen molar-refractivity contribution in [2.75, 3.05) is 32.8 Å². The molecule has 28 heavy (non-hydrogen) atoms. The van der Waals surface area contributed by atoms with Gasteiger partial charge in [-0.25, -0.2) is 0 Å². The predicted octanol–water partition coefficient (Wildman–Crippen LogP) is 3.45. The highest BCUT2D eigenvalue weighted by molar-refractivity contribution is 5.94. The Morgan fingerprint density at radius 2 is 1.57 bits per heavy atom. The number of carbonyl (C=O) groups is 2. The van der Waals surface area contributed by atoms with Crippen LogP contribution in [0.3, 0.4) is 0 Å². The number of carbonyl (C=O) groups excluding carboxylic acids is 2. The van der Waals surface area contributed by atoms with E-state index >= 15 is 0 Å². The standard InChI is InChI=1S/C23H28N2O3/c1-18-8-10-21(11-9-18)28-16-4-7-22(26)24-12-14-25(15-13-24)23(27)20-6-3-5-19(2)17-20/h3,5-6,8-11,17H,4,7,12-16H2,1-2H3. The van der Waals surface area contributed by atoms with E-state index < -0.39 is 0 Å². The van der Waals surface area contributed by atoms with E-state index in [2.05, 4.69) is 0 Å². The summed E-state index contributed by atoms with van der Waals surface area (Å²) >= 11 is 0. The van der Waals surface area contributed by atoms with E-state index in [0.29, 0.717) is 51.2 Å². The molecular formula is C23H28N2O3. The Morgan fingerprint density at radius 1 is 0.893 bits per heavy atom. The van der Waals surface area contributed by atoms with Crippen LogP contribution in [0.25, 0.3) is 0 Å². The van der Waals surface area contributed by atoms with Crippen LogP contribution in [0.1, 0.15) is 34.3 Å². The molecule has 0 saturated carbocycles. The van der Waals surface area contributed by atoms with Gasteiger partial charge in [0.1, 0.15) is 5.75 Å². The first kappa shape index (κ1) is 19.9. The van der Waals surface area contributed by atoms with Gasteiger partial charge >= 0.3 is 0 Å². The van der Waals surface area contributed by atoms with Crippen LogP contribution in [-0.2, 0) is 4.79 Å². The number of piperazine rings is 1. The SMILES string of the molecule is Cc1ccc(OCCCC(=O)N2CCN(C(=O)c3cccc(C)c3)CC2)cc1. The molecule has 1 heterocycles. The van der Waals surface area contributed by atoms with E-state index in [-0.39, 0.29) is 11.8 Å². The number of nitrogens with zero attached hydrogens (tertiary/aromatic N) is 2. The van der Waals surface area contributed by atoms with Crippen molar-refractivity contribution in [3.05, 3.63) is 65.2 Å². The molecule has 5 heteroatoms. The maximum Gasteiger partial charge on any atom is 0.253 e. The van der Waals surface area contributed by atoms with E-state index in [9.17, 15) is 9.59 Å². The van der Waals surface area contributed by atoms with Crippen LogP contribution in [-0.4, -0.2) is 54.4 Å². The Hall–Kier alpha value is -2.82. The molecule has 0 aliphatic carbocycles. The monoisotopic (exact) mass is 380 g/mol. The molecule has 0 radical (unpaired) electrons. The molecule has 0 unspecified atom stereocenters. The van der Waals surface area contributed by atoms with Crippen LogP contribution in [0.5, 0.6) is 5.75 Å². The zero-order valence-corrected chi connectivity index (χ0v) is 16.7. The molecule has 1 fully saturated rings. The van der Waals surface area contributed by atoms with Crippen LogP contribution < -0.4 is 4.74 Å². The lowest BCUT2D eigenvalue weighted by Gasteiger charge is -2.35. The van der Waals surface area contributed by atoms with Crippen molar-refractivity contribution in [2.45, 2.75) is 26.7 Å². The van der Waals surface area contributed by atoms with Crippen LogP contribution in [0.4, 0.5) is 0 Å². The van der Waals surface area contributed by atoms with E-state index in [1.807, 2.05) is 72.2 Å². The number of ether oxygens (including phenoxy) is 1. The number of hydrogen-bond donors (Lipinski definition) is 0. The summed E-state index contributed by atoms with van der Waals surface area (Å²) in [7, 11) is 0. The minimum atomic E-state index is 0.0438. The summed E-state index contributed by atoms with van der Waals surface area (Å²) in [6, 6.07) is 15.6. The summed E-state index contributed by atoms with van der Waals surface area (Å²) in [6.45, 7) is 6.90. The fourth-order valence-corrected chi connectivity index (χ4v) is 3.33. The van der Waals surface area contributed by atoms with Crippen molar-refractivity contribution in [1.82, 2.24) is 9.80 Å². The minimum absolute atomic E-state index is 0.0438. The summed E-state index contributed by atoms with van der Waals surface area (Å²) in [6.07, 6.45) is 1.16. The van der Waals surface area contributed by atoms with Crippen molar-refractivity contribution in [2.24, 2.45) is 0 Å². The average molecular weight is 380 g/mol. The van der Waals surface area contributed by atoms with Crippen LogP contribution in [0.15, 0.2) is 48.5 Å². The van der Waals surface area contributed by atoms with Gasteiger partial charge in [0, 0.05) is 38.2 Å². The first-order chi connectivity index (χ1) is 13.5. The number of benzene rings is 2. The Balaban J connectivity index is 1.38. The molecule has 1 aliphatic rings. The van der Waals surface area contributed by atoms with E-state index in [0.717, 1.165) is 11.3 Å². The number of amides is 2. The fraction of sp³-hybridized carbons (Fsp3) is 0.391. The predicted molar refractivity (Wildman–Crippen MR) is 110 cm³/mol. The molecule has 5 nitrogen and oxygen atoms in total. The van der Waals surface area contributed by atoms with E-state index in [4.69, 9.17) is 4.74 Å². The van der Waals surface area contributed by atoms with Crippen molar-refractivity contribution >= 4 is 11.8 Å². The molecule has 0 aromatic heterocycles. The highest BCUT2D eigenvalue weighted by Gasteiger charge is 2.24. The summed E-state index contributed by atoms with van der Waals surface area (Å²) in [5.41, 5.74) is 2.99. The smallest absolute Gasteiger partial charge is 0.253 e. The largest absolute Gasteiger partial charge is 0.494 e. The molecule has 0 N–H and O–H groups in total. The van der Waals surface area contributed by atoms with Crippen LogP contribution in [0.2, 0.25) is 0 Å². The Morgan fingerprint density at radius 3 is 2.25 bits per heavy atom. The van der Waals surface area contributed by atoms with Gasteiger partial charge < -0.3 is 14.5 Å². The van der Waals surface area contributed by atoms with Gasteiger partial charge in [-0.3, -0.25) is 9.59 Å². The summed E-state index contributed by atoms with van der Waals surface area (Å²) in [5.74, 6) is 1.01. The van der Waals surface area contributed by atoms with Gasteiger partial charge in [-0.05, 0) is 44.5 Å². The second kappa shape index (κ2) is 9.40. The second-order valence-corrected chi connectivity index (χ2v) is 7.31. The third kappa shape index (κ3) is 5.35. The van der Waals surface area contributed by atoms with Gasteiger partial charge in [0.25, 0.3) is 5.91 Å². The minimum Gasteiger partial charge on any atom is -0.494 e. The molecule has 2 aromatic rings. The number of hydrogen-bond acceptors (Lipinski definition) is 3. The second-order valence-electron chi connectivity index (χ2n) is 7.31. The Bertz CT molecular complexity index is 809. The maximum absolute atomic E-state index is 12.6. The topological polar surface area (TPSA) is 49.9 Å². The first-order valence-corrected chi connectivity index (χ1v) is 9.86. The maximum atomic E-state index is 12.6. The lowest BCUT2D eigenvalue weighted by atomic mass is 10.1. The van der Waals surface area contributed by atoms with Crippen LogP contribution in [0, 0.1) is 13.8 Å². The fourth-order valence-electron chi connectivity index (χ4n) is 3.33. The van der Waals surface area contributed by atoms with E-state index in [1.165, 1.54) is 5.56 Å². The Labute approximate surface area is 166 Å². The zero-order chi connectivity index (χ0) is 19.9. The Kier molecular flexibility index (Phi) is 6.69. The lowest BCUT2D eigenvalue weighted by Crippen LogP contribution is -2.50. The molecule has 2 aromatic carbocycles. The van der Waals surface area contributed by atoms with Crippen molar-refractivity contribution < 1.29 is 14.3 Å². The van der Waals surface area contributed by atoms with Gasteiger partial charge in [-0.2, -0.15) is 0 Å². The average Bonchev–Trinajstić information content (AvgIpc) is 2.72. The number of rotatable bonds is 6. The molecule has 148 valence electrons. The van der Waals surface area contributed by atoms with Gasteiger partial charge in [-0.15, -0.1) is 0 Å². The molecule has 1 saturated heterocycles. The van der Waals surface area contributed by atoms with Gasteiger partial charge in [0.05, 0.1) is 6.61 Å². The molecule has 0 atom stereocenters.